The van der Waals surface area contributed by atoms with Crippen LogP contribution in [0.15, 0.2) is 0 Å². The van der Waals surface area contributed by atoms with Crippen molar-refractivity contribution in [2.75, 3.05) is 31.3 Å². The van der Waals surface area contributed by atoms with Crippen LogP contribution in [-0.4, -0.2) is 57.4 Å². The summed E-state index contributed by atoms with van der Waals surface area (Å²) >= 11 is 0. The molecule has 20 heavy (non-hydrogen) atoms. The average molecular weight is 303 g/mol. The van der Waals surface area contributed by atoms with Crippen LogP contribution in [-0.2, 0) is 19.3 Å². The topological polar surface area (TPSA) is 64.6 Å². The summed E-state index contributed by atoms with van der Waals surface area (Å²) < 4.78 is 34.4. The second kappa shape index (κ2) is 5.91. The summed E-state index contributed by atoms with van der Waals surface area (Å²) in [6, 6.07) is 0.825. The Morgan fingerprint density at radius 1 is 0.950 bits per heavy atom. The van der Waals surface area contributed by atoms with E-state index >= 15 is 0 Å². The number of hydrogen-bond acceptors (Lipinski definition) is 5. The Hall–Kier alpha value is -0.170. The van der Waals surface area contributed by atoms with E-state index in [-0.39, 0.29) is 5.60 Å². The zero-order valence-electron chi connectivity index (χ0n) is 12.0. The van der Waals surface area contributed by atoms with Crippen molar-refractivity contribution in [3.8, 4) is 0 Å². The fourth-order valence-corrected chi connectivity index (χ4v) is 5.14. The molecule has 3 rings (SSSR count). The van der Waals surface area contributed by atoms with Crippen LogP contribution in [0.25, 0.3) is 0 Å². The van der Waals surface area contributed by atoms with Gasteiger partial charge in [0.1, 0.15) is 9.84 Å². The van der Waals surface area contributed by atoms with Crippen molar-refractivity contribution < 1.29 is 17.9 Å². The summed E-state index contributed by atoms with van der Waals surface area (Å²) in [4.78, 5) is 0. The maximum atomic E-state index is 11.5. The van der Waals surface area contributed by atoms with Gasteiger partial charge in [0.05, 0.1) is 17.1 Å². The summed E-state index contributed by atoms with van der Waals surface area (Å²) in [5.41, 5.74) is 0.00884. The van der Waals surface area contributed by atoms with Gasteiger partial charge in [0.15, 0.2) is 0 Å². The molecule has 1 unspecified atom stereocenters. The van der Waals surface area contributed by atoms with Gasteiger partial charge in [-0.05, 0) is 38.5 Å². The Morgan fingerprint density at radius 2 is 1.65 bits per heavy atom. The third-order valence-corrected chi connectivity index (χ3v) is 6.64. The maximum Gasteiger partial charge on any atom is 0.150 e. The van der Waals surface area contributed by atoms with Crippen molar-refractivity contribution in [1.82, 2.24) is 5.32 Å². The van der Waals surface area contributed by atoms with E-state index < -0.39 is 9.84 Å². The minimum atomic E-state index is -2.76. The van der Waals surface area contributed by atoms with Crippen LogP contribution in [0.3, 0.4) is 0 Å². The third-order valence-electron chi connectivity index (χ3n) is 4.92. The van der Waals surface area contributed by atoms with Crippen molar-refractivity contribution in [1.29, 1.82) is 0 Å². The van der Waals surface area contributed by atoms with Gasteiger partial charge >= 0.3 is 0 Å². The molecule has 1 N–H and O–H groups in total. The van der Waals surface area contributed by atoms with Crippen molar-refractivity contribution in [3.05, 3.63) is 0 Å². The van der Waals surface area contributed by atoms with Gasteiger partial charge in [0, 0.05) is 31.9 Å². The van der Waals surface area contributed by atoms with Crippen molar-refractivity contribution in [2.45, 2.75) is 56.2 Å². The molecule has 0 bridgehead atoms. The van der Waals surface area contributed by atoms with E-state index in [4.69, 9.17) is 9.47 Å². The molecule has 6 heteroatoms. The Morgan fingerprint density at radius 3 is 2.35 bits per heavy atom. The highest BCUT2D eigenvalue weighted by Crippen LogP contribution is 2.34. The number of sulfone groups is 1. The largest absolute Gasteiger partial charge is 0.381 e. The second-order valence-electron chi connectivity index (χ2n) is 6.43. The normalized spacial score (nSPS) is 34.1. The molecule has 0 amide bonds. The lowest BCUT2D eigenvalue weighted by Gasteiger charge is -2.44. The summed E-state index contributed by atoms with van der Waals surface area (Å²) in [7, 11) is -2.76. The predicted octanol–water partition coefficient (Wildman–Crippen LogP) is 0.881. The standard InChI is InChI=1S/C14H25NO4S/c16-20(17)9-2-12(3-10-20)15-13-1-6-19-14(11-13)4-7-18-8-5-14/h12-13,15H,1-11H2. The molecule has 5 nitrogen and oxygen atoms in total. The summed E-state index contributed by atoms with van der Waals surface area (Å²) in [6.45, 7) is 2.41. The Bertz CT molecular complexity index is 411. The monoisotopic (exact) mass is 303 g/mol. The lowest BCUT2D eigenvalue weighted by atomic mass is 9.83. The average Bonchev–Trinajstić information content (AvgIpc) is 2.42. The Kier molecular flexibility index (Phi) is 4.36. The molecular weight excluding hydrogens is 278 g/mol. The fraction of sp³-hybridized carbons (Fsp3) is 1.00. The summed E-state index contributed by atoms with van der Waals surface area (Å²) in [6.07, 6.45) is 5.57. The molecule has 116 valence electrons. The molecule has 1 spiro atoms. The van der Waals surface area contributed by atoms with Crippen molar-refractivity contribution >= 4 is 9.84 Å². The highest BCUT2D eigenvalue weighted by molar-refractivity contribution is 7.91. The number of rotatable bonds is 2. The SMILES string of the molecule is O=S1(=O)CCC(NC2CCOC3(CCOCC3)C2)CC1. The van der Waals surface area contributed by atoms with E-state index in [1.54, 1.807) is 0 Å². The molecule has 3 aliphatic rings. The van der Waals surface area contributed by atoms with Crippen LogP contribution in [0.1, 0.15) is 38.5 Å². The molecule has 0 aliphatic carbocycles. The van der Waals surface area contributed by atoms with Gasteiger partial charge in [-0.15, -0.1) is 0 Å². The van der Waals surface area contributed by atoms with Gasteiger partial charge < -0.3 is 14.8 Å². The first kappa shape index (κ1) is 14.8. The van der Waals surface area contributed by atoms with Gasteiger partial charge in [-0.25, -0.2) is 8.42 Å². The highest BCUT2D eigenvalue weighted by Gasteiger charge is 2.39. The summed E-state index contributed by atoms with van der Waals surface area (Å²) in [5.74, 6) is 0.680. The molecule has 3 saturated heterocycles. The Balaban J connectivity index is 1.53. The van der Waals surface area contributed by atoms with Crippen LogP contribution in [0.4, 0.5) is 0 Å². The van der Waals surface area contributed by atoms with Crippen LogP contribution in [0.2, 0.25) is 0 Å². The third kappa shape index (κ3) is 3.53. The van der Waals surface area contributed by atoms with Crippen LogP contribution < -0.4 is 5.32 Å². The first-order valence-corrected chi connectivity index (χ1v) is 9.57. The molecule has 0 saturated carbocycles. The second-order valence-corrected chi connectivity index (χ2v) is 8.73. The quantitative estimate of drug-likeness (QED) is 0.820. The maximum absolute atomic E-state index is 11.5. The molecule has 3 aliphatic heterocycles. The minimum absolute atomic E-state index is 0.00884. The Labute approximate surface area is 121 Å². The zero-order valence-corrected chi connectivity index (χ0v) is 12.8. The zero-order chi connectivity index (χ0) is 14.1. The molecule has 3 heterocycles. The van der Waals surface area contributed by atoms with Crippen LogP contribution >= 0.6 is 0 Å². The van der Waals surface area contributed by atoms with E-state index in [9.17, 15) is 8.42 Å². The van der Waals surface area contributed by atoms with Gasteiger partial charge in [-0.3, -0.25) is 0 Å². The van der Waals surface area contributed by atoms with Crippen molar-refractivity contribution in [2.24, 2.45) is 0 Å². The smallest absolute Gasteiger partial charge is 0.150 e. The molecule has 0 aromatic carbocycles. The first-order valence-electron chi connectivity index (χ1n) is 7.75. The van der Waals surface area contributed by atoms with Gasteiger partial charge in [0.2, 0.25) is 0 Å². The van der Waals surface area contributed by atoms with E-state index in [0.717, 1.165) is 58.3 Å². The van der Waals surface area contributed by atoms with Gasteiger partial charge in [-0.1, -0.05) is 0 Å². The lowest BCUT2D eigenvalue weighted by molar-refractivity contribution is -0.141. The van der Waals surface area contributed by atoms with E-state index in [1.165, 1.54) is 0 Å². The van der Waals surface area contributed by atoms with Gasteiger partial charge in [0.25, 0.3) is 0 Å². The fourth-order valence-electron chi connectivity index (χ4n) is 3.65. The molecule has 0 aromatic rings. The lowest BCUT2D eigenvalue weighted by Crippen LogP contribution is -2.52. The highest BCUT2D eigenvalue weighted by atomic mass is 32.2. The van der Waals surface area contributed by atoms with E-state index in [0.29, 0.717) is 23.6 Å². The predicted molar refractivity (Wildman–Crippen MR) is 76.6 cm³/mol. The van der Waals surface area contributed by atoms with Crippen LogP contribution in [0, 0.1) is 0 Å². The van der Waals surface area contributed by atoms with Gasteiger partial charge in [-0.2, -0.15) is 0 Å². The number of hydrogen-bond donors (Lipinski definition) is 1. The molecule has 0 aromatic heterocycles. The molecule has 1 atom stereocenters. The van der Waals surface area contributed by atoms with E-state index in [1.807, 2.05) is 0 Å². The first-order chi connectivity index (χ1) is 9.57. The summed E-state index contributed by atoms with van der Waals surface area (Å²) in [5, 5.41) is 3.68. The molecule has 0 radical (unpaired) electrons. The molecule has 3 fully saturated rings. The van der Waals surface area contributed by atoms with Crippen LogP contribution in [0.5, 0.6) is 0 Å². The molecular formula is C14H25NO4S. The number of ether oxygens (including phenoxy) is 2. The minimum Gasteiger partial charge on any atom is -0.381 e. The van der Waals surface area contributed by atoms with Crippen molar-refractivity contribution in [3.63, 3.8) is 0 Å². The van der Waals surface area contributed by atoms with E-state index in [2.05, 4.69) is 5.32 Å². The number of nitrogens with one attached hydrogen (secondary N) is 1.